The first-order valence-corrected chi connectivity index (χ1v) is 7.69. The molecule has 1 fully saturated rings. The van der Waals surface area contributed by atoms with E-state index in [9.17, 15) is 4.79 Å². The van der Waals surface area contributed by atoms with E-state index in [1.807, 2.05) is 32.8 Å². The summed E-state index contributed by atoms with van der Waals surface area (Å²) >= 11 is 0. The van der Waals surface area contributed by atoms with Crippen LogP contribution in [0, 0.1) is 0 Å². The van der Waals surface area contributed by atoms with E-state index in [2.05, 4.69) is 26.7 Å². The van der Waals surface area contributed by atoms with Crippen LogP contribution in [0.15, 0.2) is 18.7 Å². The lowest BCUT2D eigenvalue weighted by atomic mass is 10.0. The Labute approximate surface area is 127 Å². The fraction of sp³-hybridized carbons (Fsp3) is 0.733. The Bertz CT molecular complexity index is 423. The maximum atomic E-state index is 11.7. The zero-order chi connectivity index (χ0) is 15.2. The first-order chi connectivity index (χ1) is 10.0. The van der Waals surface area contributed by atoms with Crippen LogP contribution in [0.4, 0.5) is 0 Å². The molecule has 2 rings (SSSR count). The second-order valence-electron chi connectivity index (χ2n) is 6.17. The van der Waals surface area contributed by atoms with Gasteiger partial charge in [-0.05, 0) is 19.8 Å². The predicted octanol–water partition coefficient (Wildman–Crippen LogP) is 0.414. The maximum Gasteiger partial charge on any atom is 0.236 e. The number of nitrogens with one attached hydrogen (secondary N) is 1. The number of hydrogen-bond acceptors (Lipinski definition) is 4. The number of nitrogens with zero attached hydrogens (tertiary/aromatic N) is 4. The predicted molar refractivity (Wildman–Crippen MR) is 83.0 cm³/mol. The Morgan fingerprint density at radius 2 is 2.14 bits per heavy atom. The molecule has 0 spiro atoms. The molecule has 0 aliphatic carbocycles. The minimum Gasteiger partial charge on any atom is -0.348 e. The maximum absolute atomic E-state index is 11.7. The molecule has 6 nitrogen and oxygen atoms in total. The van der Waals surface area contributed by atoms with Crippen LogP contribution in [0.2, 0.25) is 0 Å². The van der Waals surface area contributed by atoms with Crippen LogP contribution >= 0.6 is 0 Å². The highest BCUT2D eigenvalue weighted by molar-refractivity contribution is 5.77. The average molecular weight is 293 g/mol. The highest BCUT2D eigenvalue weighted by Gasteiger charge is 2.22. The number of rotatable bonds is 6. The van der Waals surface area contributed by atoms with Crippen molar-refractivity contribution in [3.63, 3.8) is 0 Å². The van der Waals surface area contributed by atoms with Gasteiger partial charge in [-0.1, -0.05) is 0 Å². The number of aromatic nitrogens is 2. The number of likely N-dealkylation sites (tertiary alicyclic amines) is 1. The largest absolute Gasteiger partial charge is 0.348 e. The van der Waals surface area contributed by atoms with Crippen LogP contribution in [0.25, 0.3) is 0 Å². The van der Waals surface area contributed by atoms with Gasteiger partial charge < -0.3 is 14.8 Å². The summed E-state index contributed by atoms with van der Waals surface area (Å²) in [5.74, 6) is 0.190. The molecular formula is C15H27N5O. The van der Waals surface area contributed by atoms with Gasteiger partial charge in [-0.15, -0.1) is 0 Å². The molecule has 0 bridgehead atoms. The standard InChI is InChI=1S/C15H27N5O/c1-13(10-20-9-6-16-12-20)17-14-4-7-19(8-5-14)11-15(21)18(2)3/h6,9,12-14,17H,4-5,7-8,10-11H2,1-3H3. The van der Waals surface area contributed by atoms with Gasteiger partial charge in [0.2, 0.25) is 5.91 Å². The van der Waals surface area contributed by atoms with E-state index in [0.29, 0.717) is 18.6 Å². The highest BCUT2D eigenvalue weighted by Crippen LogP contribution is 2.11. The van der Waals surface area contributed by atoms with Crippen molar-refractivity contribution in [2.24, 2.45) is 0 Å². The molecule has 2 heterocycles. The SMILES string of the molecule is CC(Cn1ccnc1)NC1CCN(CC(=O)N(C)C)CC1. The molecule has 1 saturated heterocycles. The van der Waals surface area contributed by atoms with Crippen LogP contribution < -0.4 is 5.32 Å². The van der Waals surface area contributed by atoms with E-state index in [1.165, 1.54) is 0 Å². The summed E-state index contributed by atoms with van der Waals surface area (Å²) < 4.78 is 2.10. The topological polar surface area (TPSA) is 53.4 Å². The van der Waals surface area contributed by atoms with Gasteiger partial charge in [0.1, 0.15) is 0 Å². The molecule has 0 aromatic carbocycles. The summed E-state index contributed by atoms with van der Waals surface area (Å²) in [7, 11) is 3.63. The molecule has 1 unspecified atom stereocenters. The first-order valence-electron chi connectivity index (χ1n) is 7.69. The van der Waals surface area contributed by atoms with Crippen LogP contribution in [0.3, 0.4) is 0 Å². The van der Waals surface area contributed by atoms with Crippen molar-refractivity contribution in [3.05, 3.63) is 18.7 Å². The lowest BCUT2D eigenvalue weighted by molar-refractivity contribution is -0.130. The van der Waals surface area contributed by atoms with Gasteiger partial charge in [-0.2, -0.15) is 0 Å². The number of imidazole rings is 1. The van der Waals surface area contributed by atoms with Crippen molar-refractivity contribution >= 4 is 5.91 Å². The lowest BCUT2D eigenvalue weighted by Crippen LogP contribution is -2.48. The van der Waals surface area contributed by atoms with E-state index in [-0.39, 0.29) is 5.91 Å². The van der Waals surface area contributed by atoms with Crippen molar-refractivity contribution in [2.75, 3.05) is 33.7 Å². The molecule has 6 heteroatoms. The van der Waals surface area contributed by atoms with Gasteiger partial charge in [0.05, 0.1) is 12.9 Å². The van der Waals surface area contributed by atoms with Gasteiger partial charge >= 0.3 is 0 Å². The Morgan fingerprint density at radius 1 is 1.43 bits per heavy atom. The number of carbonyl (C=O) groups excluding carboxylic acids is 1. The van der Waals surface area contributed by atoms with Crippen molar-refractivity contribution < 1.29 is 4.79 Å². The van der Waals surface area contributed by atoms with Gasteiger partial charge in [0.25, 0.3) is 0 Å². The fourth-order valence-electron chi connectivity index (χ4n) is 2.76. The minimum atomic E-state index is 0.190. The molecule has 0 saturated carbocycles. The summed E-state index contributed by atoms with van der Waals surface area (Å²) in [6.45, 7) is 5.69. The van der Waals surface area contributed by atoms with E-state index in [1.54, 1.807) is 4.90 Å². The third-order valence-corrected chi connectivity index (χ3v) is 4.01. The van der Waals surface area contributed by atoms with Crippen molar-refractivity contribution in [2.45, 2.75) is 38.4 Å². The summed E-state index contributed by atoms with van der Waals surface area (Å²) in [4.78, 5) is 19.7. The lowest BCUT2D eigenvalue weighted by Gasteiger charge is -2.34. The van der Waals surface area contributed by atoms with Crippen molar-refractivity contribution in [3.8, 4) is 0 Å². The van der Waals surface area contributed by atoms with E-state index >= 15 is 0 Å². The van der Waals surface area contributed by atoms with E-state index in [4.69, 9.17) is 0 Å². The molecule has 0 radical (unpaired) electrons. The molecular weight excluding hydrogens is 266 g/mol. The quantitative estimate of drug-likeness (QED) is 0.825. The molecule has 1 atom stereocenters. The molecule has 21 heavy (non-hydrogen) atoms. The number of carbonyl (C=O) groups is 1. The second kappa shape index (κ2) is 7.56. The second-order valence-corrected chi connectivity index (χ2v) is 6.17. The molecule has 1 amide bonds. The van der Waals surface area contributed by atoms with Gasteiger partial charge in [0, 0.05) is 58.2 Å². The van der Waals surface area contributed by atoms with Gasteiger partial charge in [0.15, 0.2) is 0 Å². The minimum absolute atomic E-state index is 0.190. The van der Waals surface area contributed by atoms with E-state index in [0.717, 1.165) is 32.5 Å². The van der Waals surface area contributed by atoms with Crippen molar-refractivity contribution in [1.82, 2.24) is 24.7 Å². The van der Waals surface area contributed by atoms with Crippen LogP contribution in [0.5, 0.6) is 0 Å². The first kappa shape index (κ1) is 16.0. The molecule has 118 valence electrons. The summed E-state index contributed by atoms with van der Waals surface area (Å²) in [6, 6.07) is 0.980. The summed E-state index contributed by atoms with van der Waals surface area (Å²) in [5.41, 5.74) is 0. The highest BCUT2D eigenvalue weighted by atomic mass is 16.2. The molecule has 1 aromatic rings. The number of piperidine rings is 1. The van der Waals surface area contributed by atoms with Crippen LogP contribution in [-0.4, -0.2) is 71.1 Å². The van der Waals surface area contributed by atoms with Crippen LogP contribution in [-0.2, 0) is 11.3 Å². The number of amides is 1. The monoisotopic (exact) mass is 293 g/mol. The molecule has 1 aromatic heterocycles. The number of hydrogen-bond donors (Lipinski definition) is 1. The average Bonchev–Trinajstić information content (AvgIpc) is 2.93. The molecule has 1 aliphatic heterocycles. The van der Waals surface area contributed by atoms with Gasteiger partial charge in [-0.25, -0.2) is 4.98 Å². The summed E-state index contributed by atoms with van der Waals surface area (Å²) in [5, 5.41) is 3.68. The van der Waals surface area contributed by atoms with Crippen molar-refractivity contribution in [1.29, 1.82) is 0 Å². The third kappa shape index (κ3) is 5.13. The van der Waals surface area contributed by atoms with Crippen LogP contribution in [0.1, 0.15) is 19.8 Å². The normalized spacial score (nSPS) is 18.6. The Morgan fingerprint density at radius 3 is 2.71 bits per heavy atom. The number of likely N-dealkylation sites (N-methyl/N-ethyl adjacent to an activating group) is 1. The fourth-order valence-corrected chi connectivity index (χ4v) is 2.76. The van der Waals surface area contributed by atoms with E-state index < -0.39 is 0 Å². The Balaban J connectivity index is 1.68. The smallest absolute Gasteiger partial charge is 0.236 e. The molecule has 1 N–H and O–H groups in total. The Kier molecular flexibility index (Phi) is 5.76. The Hall–Kier alpha value is -1.40. The summed E-state index contributed by atoms with van der Waals surface area (Å²) in [6.07, 6.45) is 7.87. The zero-order valence-electron chi connectivity index (χ0n) is 13.3. The third-order valence-electron chi connectivity index (χ3n) is 4.01. The molecule has 1 aliphatic rings. The van der Waals surface area contributed by atoms with Gasteiger partial charge in [-0.3, -0.25) is 9.69 Å². The zero-order valence-corrected chi connectivity index (χ0v) is 13.3.